The molecule has 1 aromatic carbocycles. The number of rotatable bonds is 4. The summed E-state index contributed by atoms with van der Waals surface area (Å²) in [7, 11) is 0. The minimum atomic E-state index is 0.144. The quantitative estimate of drug-likeness (QED) is 0.901. The van der Waals surface area contributed by atoms with Crippen LogP contribution in [0, 0.1) is 5.92 Å². The molecule has 88 valence electrons. The van der Waals surface area contributed by atoms with Gasteiger partial charge in [-0.1, -0.05) is 11.6 Å². The van der Waals surface area contributed by atoms with Gasteiger partial charge in [0, 0.05) is 11.1 Å². The zero-order valence-corrected chi connectivity index (χ0v) is 10.6. The summed E-state index contributed by atoms with van der Waals surface area (Å²) in [5, 5.41) is 0.726. The number of hydrogen-bond donors (Lipinski definition) is 1. The van der Waals surface area contributed by atoms with Gasteiger partial charge in [-0.3, -0.25) is 0 Å². The molecule has 2 nitrogen and oxygen atoms in total. The Labute approximate surface area is 105 Å². The van der Waals surface area contributed by atoms with Gasteiger partial charge in [0.15, 0.2) is 0 Å². The molecule has 2 unspecified atom stereocenters. The SMILES string of the molecule is NC(COc1ccc(Cl)cc1)C1CCSC1. The lowest BCUT2D eigenvalue weighted by Crippen LogP contribution is -2.35. The molecule has 4 heteroatoms. The normalized spacial score (nSPS) is 22.0. The first kappa shape index (κ1) is 12.1. The van der Waals surface area contributed by atoms with Crippen molar-refractivity contribution >= 4 is 23.4 Å². The molecular weight excluding hydrogens is 242 g/mol. The second-order valence-corrected chi connectivity index (χ2v) is 5.64. The van der Waals surface area contributed by atoms with Crippen molar-refractivity contribution in [2.24, 2.45) is 11.7 Å². The molecule has 0 bridgehead atoms. The maximum absolute atomic E-state index is 6.09. The number of hydrogen-bond acceptors (Lipinski definition) is 3. The molecule has 16 heavy (non-hydrogen) atoms. The van der Waals surface area contributed by atoms with Crippen LogP contribution in [-0.4, -0.2) is 24.2 Å². The monoisotopic (exact) mass is 257 g/mol. The molecule has 1 fully saturated rings. The first-order chi connectivity index (χ1) is 7.75. The van der Waals surface area contributed by atoms with E-state index < -0.39 is 0 Å². The van der Waals surface area contributed by atoms with Crippen LogP contribution >= 0.6 is 23.4 Å². The predicted octanol–water partition coefficient (Wildman–Crippen LogP) is 2.80. The van der Waals surface area contributed by atoms with Gasteiger partial charge in [-0.2, -0.15) is 11.8 Å². The van der Waals surface area contributed by atoms with E-state index in [1.165, 1.54) is 17.9 Å². The molecule has 0 aliphatic carbocycles. The lowest BCUT2D eigenvalue weighted by Gasteiger charge is -2.18. The summed E-state index contributed by atoms with van der Waals surface area (Å²) in [5.41, 5.74) is 6.09. The van der Waals surface area contributed by atoms with E-state index in [0.717, 1.165) is 10.8 Å². The highest BCUT2D eigenvalue weighted by molar-refractivity contribution is 7.99. The third-order valence-corrected chi connectivity index (χ3v) is 4.27. The molecule has 1 aliphatic rings. The van der Waals surface area contributed by atoms with Gasteiger partial charge in [0.25, 0.3) is 0 Å². The van der Waals surface area contributed by atoms with E-state index in [9.17, 15) is 0 Å². The number of thioether (sulfide) groups is 1. The van der Waals surface area contributed by atoms with E-state index in [-0.39, 0.29) is 6.04 Å². The molecule has 0 radical (unpaired) electrons. The molecule has 2 N–H and O–H groups in total. The molecule has 0 saturated carbocycles. The molecule has 2 atom stereocenters. The summed E-state index contributed by atoms with van der Waals surface area (Å²) in [6.45, 7) is 0.590. The van der Waals surface area contributed by atoms with Crippen molar-refractivity contribution in [3.8, 4) is 5.75 Å². The number of nitrogens with two attached hydrogens (primary N) is 1. The maximum Gasteiger partial charge on any atom is 0.119 e. The van der Waals surface area contributed by atoms with Gasteiger partial charge in [0.1, 0.15) is 12.4 Å². The van der Waals surface area contributed by atoms with Crippen molar-refractivity contribution in [1.82, 2.24) is 0 Å². The Morgan fingerprint density at radius 1 is 1.44 bits per heavy atom. The van der Waals surface area contributed by atoms with Crippen LogP contribution in [0.2, 0.25) is 5.02 Å². The predicted molar refractivity (Wildman–Crippen MR) is 70.4 cm³/mol. The Morgan fingerprint density at radius 3 is 2.81 bits per heavy atom. The number of ether oxygens (including phenoxy) is 1. The van der Waals surface area contributed by atoms with Crippen LogP contribution in [0.3, 0.4) is 0 Å². The number of benzene rings is 1. The highest BCUT2D eigenvalue weighted by atomic mass is 35.5. The van der Waals surface area contributed by atoms with E-state index in [4.69, 9.17) is 22.1 Å². The summed E-state index contributed by atoms with van der Waals surface area (Å²) in [6.07, 6.45) is 1.22. The zero-order valence-electron chi connectivity index (χ0n) is 9.06. The first-order valence-electron chi connectivity index (χ1n) is 5.47. The first-order valence-corrected chi connectivity index (χ1v) is 7.00. The van der Waals surface area contributed by atoms with Crippen LogP contribution in [0.25, 0.3) is 0 Å². The molecule has 0 aromatic heterocycles. The van der Waals surface area contributed by atoms with E-state index in [0.29, 0.717) is 12.5 Å². The van der Waals surface area contributed by atoms with Gasteiger partial charge >= 0.3 is 0 Å². The van der Waals surface area contributed by atoms with Crippen LogP contribution in [0.5, 0.6) is 5.75 Å². The van der Waals surface area contributed by atoms with E-state index in [1.807, 2.05) is 36.0 Å². The van der Waals surface area contributed by atoms with Crippen LogP contribution in [0.15, 0.2) is 24.3 Å². The van der Waals surface area contributed by atoms with Crippen molar-refractivity contribution < 1.29 is 4.74 Å². The van der Waals surface area contributed by atoms with Crippen molar-refractivity contribution in [3.05, 3.63) is 29.3 Å². The fraction of sp³-hybridized carbons (Fsp3) is 0.500. The third kappa shape index (κ3) is 3.30. The minimum Gasteiger partial charge on any atom is -0.492 e. The fourth-order valence-electron chi connectivity index (χ4n) is 1.75. The Morgan fingerprint density at radius 2 is 2.19 bits per heavy atom. The van der Waals surface area contributed by atoms with Crippen molar-refractivity contribution in [3.63, 3.8) is 0 Å². The lowest BCUT2D eigenvalue weighted by molar-refractivity contribution is 0.255. The molecule has 1 saturated heterocycles. The fourth-order valence-corrected chi connectivity index (χ4v) is 3.23. The van der Waals surface area contributed by atoms with Gasteiger partial charge in [-0.15, -0.1) is 0 Å². The van der Waals surface area contributed by atoms with Gasteiger partial charge in [-0.05, 0) is 48.1 Å². The summed E-state index contributed by atoms with van der Waals surface area (Å²) in [5.74, 6) is 3.85. The average Bonchev–Trinajstić information content (AvgIpc) is 2.81. The van der Waals surface area contributed by atoms with Crippen LogP contribution in [0.1, 0.15) is 6.42 Å². The highest BCUT2D eigenvalue weighted by Gasteiger charge is 2.22. The Hall–Kier alpha value is -0.380. The summed E-state index contributed by atoms with van der Waals surface area (Å²) in [4.78, 5) is 0. The molecular formula is C12H16ClNOS. The summed E-state index contributed by atoms with van der Waals surface area (Å²) < 4.78 is 5.64. The Balaban J connectivity index is 1.80. The topological polar surface area (TPSA) is 35.2 Å². The van der Waals surface area contributed by atoms with Crippen LogP contribution in [-0.2, 0) is 0 Å². The molecule has 2 rings (SSSR count). The van der Waals surface area contributed by atoms with Crippen molar-refractivity contribution in [2.75, 3.05) is 18.1 Å². The van der Waals surface area contributed by atoms with Gasteiger partial charge in [0.2, 0.25) is 0 Å². The largest absolute Gasteiger partial charge is 0.492 e. The van der Waals surface area contributed by atoms with Gasteiger partial charge < -0.3 is 10.5 Å². The third-order valence-electron chi connectivity index (χ3n) is 2.83. The van der Waals surface area contributed by atoms with E-state index >= 15 is 0 Å². The van der Waals surface area contributed by atoms with E-state index in [1.54, 1.807) is 0 Å². The Bertz CT molecular complexity index is 324. The van der Waals surface area contributed by atoms with Gasteiger partial charge in [0.05, 0.1) is 0 Å². The second-order valence-electron chi connectivity index (χ2n) is 4.05. The molecule has 0 spiro atoms. The minimum absolute atomic E-state index is 0.144. The Kier molecular flexibility index (Phi) is 4.38. The standard InChI is InChI=1S/C12H16ClNOS/c13-10-1-3-11(4-2-10)15-7-12(14)9-5-6-16-8-9/h1-4,9,12H,5-8,14H2. The molecule has 1 heterocycles. The van der Waals surface area contributed by atoms with Crippen LogP contribution < -0.4 is 10.5 Å². The summed E-state index contributed by atoms with van der Waals surface area (Å²) in [6, 6.07) is 7.55. The highest BCUT2D eigenvalue weighted by Crippen LogP contribution is 2.25. The van der Waals surface area contributed by atoms with Gasteiger partial charge in [-0.25, -0.2) is 0 Å². The molecule has 1 aliphatic heterocycles. The molecule has 1 aromatic rings. The van der Waals surface area contributed by atoms with Crippen molar-refractivity contribution in [2.45, 2.75) is 12.5 Å². The summed E-state index contributed by atoms with van der Waals surface area (Å²) >= 11 is 7.78. The van der Waals surface area contributed by atoms with Crippen molar-refractivity contribution in [1.29, 1.82) is 0 Å². The lowest BCUT2D eigenvalue weighted by atomic mass is 10.0. The number of halogens is 1. The molecule has 0 amide bonds. The van der Waals surface area contributed by atoms with Crippen LogP contribution in [0.4, 0.5) is 0 Å². The average molecular weight is 258 g/mol. The maximum atomic E-state index is 6.09. The van der Waals surface area contributed by atoms with E-state index in [2.05, 4.69) is 0 Å². The zero-order chi connectivity index (χ0) is 11.4. The smallest absolute Gasteiger partial charge is 0.119 e. The second kappa shape index (κ2) is 5.80.